The van der Waals surface area contributed by atoms with Gasteiger partial charge in [0, 0.05) is 54.9 Å². The maximum Gasteiger partial charge on any atom is 0.226 e. The van der Waals surface area contributed by atoms with E-state index in [9.17, 15) is 9.59 Å². The summed E-state index contributed by atoms with van der Waals surface area (Å²) >= 11 is 2.96. The smallest absolute Gasteiger partial charge is 0.226 e. The third-order valence-corrected chi connectivity index (χ3v) is 10.2. The van der Waals surface area contributed by atoms with Crippen LogP contribution < -0.4 is 48.8 Å². The van der Waals surface area contributed by atoms with Crippen LogP contribution in [0.25, 0.3) is 20.7 Å². The normalized spacial score (nSPS) is 21.7. The summed E-state index contributed by atoms with van der Waals surface area (Å²) < 4.78 is 12.7. The van der Waals surface area contributed by atoms with Crippen LogP contribution in [0.1, 0.15) is 32.6 Å². The van der Waals surface area contributed by atoms with E-state index < -0.39 is 24.2 Å². The van der Waals surface area contributed by atoms with Crippen LogP contribution in [0.5, 0.6) is 0 Å². The van der Waals surface area contributed by atoms with E-state index in [-0.39, 0.29) is 17.5 Å². The number of nitrogens with two attached hydrogens (primary N) is 3. The largest absolute Gasteiger partial charge is 0.378 e. The van der Waals surface area contributed by atoms with Gasteiger partial charge in [-0.3, -0.25) is 14.9 Å². The van der Waals surface area contributed by atoms with Crippen LogP contribution in [0.2, 0.25) is 0 Å². The summed E-state index contributed by atoms with van der Waals surface area (Å²) in [6.07, 6.45) is 2.87. The van der Waals surface area contributed by atoms with Crippen molar-refractivity contribution < 1.29 is 14.1 Å². The van der Waals surface area contributed by atoms with Gasteiger partial charge < -0.3 is 47.3 Å². The first-order valence-corrected chi connectivity index (χ1v) is 16.2. The molecule has 1 saturated heterocycles. The van der Waals surface area contributed by atoms with Crippen molar-refractivity contribution in [3.05, 3.63) is 27.7 Å². The Labute approximate surface area is 252 Å². The van der Waals surface area contributed by atoms with E-state index in [1.54, 1.807) is 23.5 Å². The Morgan fingerprint density at radius 2 is 1.98 bits per heavy atom. The number of aromatic nitrogens is 1. The highest BCUT2D eigenvalue weighted by Crippen LogP contribution is 2.38. The van der Waals surface area contributed by atoms with E-state index >= 15 is 0 Å². The van der Waals surface area contributed by atoms with Gasteiger partial charge in [-0.1, -0.05) is 24.9 Å². The molecule has 4 heterocycles. The van der Waals surface area contributed by atoms with Crippen LogP contribution >= 0.6 is 22.7 Å². The fraction of sp³-hybridized carbons (Fsp3) is 0.593. The summed E-state index contributed by atoms with van der Waals surface area (Å²) in [5.74, 6) is -1.04. The number of hydrogen-bond donors (Lipinski definition) is 7. The van der Waals surface area contributed by atoms with E-state index in [0.29, 0.717) is 42.7 Å². The highest BCUT2D eigenvalue weighted by Gasteiger charge is 2.33. The zero-order valence-electron chi connectivity index (χ0n) is 23.8. The predicted molar refractivity (Wildman–Crippen MR) is 168 cm³/mol. The second-order valence-corrected chi connectivity index (χ2v) is 12.6. The van der Waals surface area contributed by atoms with Gasteiger partial charge in [0.15, 0.2) is 5.43 Å². The summed E-state index contributed by atoms with van der Waals surface area (Å²) in [6, 6.07) is 3.73. The number of carbonyl (C=O) groups excluding carboxylic acids is 1. The van der Waals surface area contributed by atoms with E-state index in [1.165, 1.54) is 11.3 Å². The zero-order valence-corrected chi connectivity index (χ0v) is 25.4. The number of rotatable bonds is 13. The lowest BCUT2D eigenvalue weighted by molar-refractivity contribution is -0.123. The van der Waals surface area contributed by atoms with Gasteiger partial charge in [-0.25, -0.2) is 0 Å². The quantitative estimate of drug-likeness (QED) is 0.134. The Hall–Kier alpha value is -2.63. The molecule has 1 aliphatic carbocycles. The van der Waals surface area contributed by atoms with E-state index in [2.05, 4.69) is 31.3 Å². The lowest BCUT2D eigenvalue weighted by Gasteiger charge is -2.33. The van der Waals surface area contributed by atoms with Crippen molar-refractivity contribution >= 4 is 48.9 Å². The van der Waals surface area contributed by atoms with E-state index in [0.717, 1.165) is 54.0 Å². The molecule has 5 rings (SSSR count). The molecule has 15 heteroatoms. The number of nitrogens with zero attached hydrogens (tertiary/aromatic N) is 2. The van der Waals surface area contributed by atoms with Gasteiger partial charge in [-0.15, -0.1) is 22.7 Å². The summed E-state index contributed by atoms with van der Waals surface area (Å²) in [6.45, 7) is 5.61. The number of amides is 1. The standard InChI is InChI=1S/C27H41N9O4S2/c1-2-31-25(29)22(26(30)38)27(33-14-32-17-6-4-3-5-16(17)28)34-20-11-18(35-40-20)15-13-41-24-19(37)12-21(42-23(15)24)36-7-9-39-10-8-36/h11-13,16-17,22,25,27,31-34H,2-10,14,28-29H2,1H3,(H2,30,38)/t16-,17+,22?,25?,27?/m1/s1. The zero-order chi connectivity index (χ0) is 29.6. The third-order valence-electron chi connectivity index (χ3n) is 7.86. The Morgan fingerprint density at radius 1 is 1.19 bits per heavy atom. The first-order valence-electron chi connectivity index (χ1n) is 14.5. The molecule has 42 heavy (non-hydrogen) atoms. The van der Waals surface area contributed by atoms with Gasteiger partial charge in [0.05, 0.1) is 45.9 Å². The molecule has 1 saturated carbocycles. The van der Waals surface area contributed by atoms with Crippen LogP contribution in [0.15, 0.2) is 26.8 Å². The molecule has 2 aliphatic rings. The maximum atomic E-state index is 12.9. The van der Waals surface area contributed by atoms with Crippen molar-refractivity contribution in [3.8, 4) is 11.3 Å². The Kier molecular flexibility index (Phi) is 10.4. The van der Waals surface area contributed by atoms with Gasteiger partial charge in [-0.05, 0) is 19.4 Å². The fourth-order valence-electron chi connectivity index (χ4n) is 5.56. The minimum atomic E-state index is -0.816. The highest BCUT2D eigenvalue weighted by molar-refractivity contribution is 7.28. The van der Waals surface area contributed by atoms with E-state index in [1.807, 2.05) is 12.3 Å². The second kappa shape index (κ2) is 14.2. The van der Waals surface area contributed by atoms with Crippen molar-refractivity contribution in [3.63, 3.8) is 0 Å². The first-order chi connectivity index (χ1) is 20.4. The molecule has 2 fully saturated rings. The molecule has 230 valence electrons. The molecule has 0 aromatic carbocycles. The van der Waals surface area contributed by atoms with Crippen molar-refractivity contribution in [1.82, 2.24) is 21.1 Å². The number of thiophene rings is 1. The van der Waals surface area contributed by atoms with Crippen molar-refractivity contribution in [2.75, 3.05) is 49.7 Å². The van der Waals surface area contributed by atoms with Crippen LogP contribution in [0.4, 0.5) is 10.9 Å². The molecule has 3 aromatic heterocycles. The summed E-state index contributed by atoms with van der Waals surface area (Å²) in [7, 11) is 0. The molecular formula is C27H41N9O4S2. The molecule has 13 nitrogen and oxygen atoms in total. The third kappa shape index (κ3) is 7.11. The predicted octanol–water partition coefficient (Wildman–Crippen LogP) is 0.955. The van der Waals surface area contributed by atoms with E-state index in [4.69, 9.17) is 26.5 Å². The molecule has 10 N–H and O–H groups in total. The molecule has 0 spiro atoms. The van der Waals surface area contributed by atoms with Gasteiger partial charge in [0.25, 0.3) is 0 Å². The molecule has 3 aromatic rings. The van der Waals surface area contributed by atoms with Gasteiger partial charge in [-0.2, -0.15) is 0 Å². The number of carbonyl (C=O) groups is 1. The summed E-state index contributed by atoms with van der Waals surface area (Å²) in [5, 5.41) is 20.3. The summed E-state index contributed by atoms with van der Waals surface area (Å²) in [4.78, 5) is 27.7. The molecule has 3 unspecified atom stereocenters. The van der Waals surface area contributed by atoms with Gasteiger partial charge >= 0.3 is 0 Å². The Morgan fingerprint density at radius 3 is 2.71 bits per heavy atom. The molecule has 0 radical (unpaired) electrons. The van der Waals surface area contributed by atoms with Gasteiger partial charge in [0.2, 0.25) is 11.8 Å². The topological polar surface area (TPSA) is 199 Å². The molecule has 5 atom stereocenters. The van der Waals surface area contributed by atoms with Crippen molar-refractivity contribution in [1.29, 1.82) is 0 Å². The van der Waals surface area contributed by atoms with Crippen LogP contribution in [-0.4, -0.2) is 75.0 Å². The molecule has 1 amide bonds. The van der Waals surface area contributed by atoms with Crippen molar-refractivity contribution in [2.45, 2.75) is 57.0 Å². The average Bonchev–Trinajstić information content (AvgIpc) is 3.62. The lowest BCUT2D eigenvalue weighted by Crippen LogP contribution is -2.61. The number of anilines is 2. The number of primary amides is 1. The Balaban J connectivity index is 1.37. The SMILES string of the molecule is CCNC(N)C(C(N)=O)C(NCN[C@H]1CCCC[C@H]1N)Nc1cc(-c2csc3c(=O)cc(N4CCOCC4)sc23)no1. The number of ether oxygens (including phenoxy) is 1. The van der Waals surface area contributed by atoms with Crippen LogP contribution in [0.3, 0.4) is 0 Å². The number of fused-ring (bicyclic) bond motifs is 1. The minimum absolute atomic E-state index is 0.0144. The van der Waals surface area contributed by atoms with Gasteiger partial charge in [0.1, 0.15) is 5.69 Å². The van der Waals surface area contributed by atoms with Crippen LogP contribution in [0, 0.1) is 5.92 Å². The Bertz CT molecular complexity index is 1390. The molecule has 1 aliphatic heterocycles. The lowest BCUT2D eigenvalue weighted by atomic mass is 9.91. The second-order valence-electron chi connectivity index (χ2n) is 10.7. The van der Waals surface area contributed by atoms with Crippen molar-refractivity contribution in [2.24, 2.45) is 23.1 Å². The molecular weight excluding hydrogens is 578 g/mol. The minimum Gasteiger partial charge on any atom is -0.378 e. The first kappa shape index (κ1) is 30.8. The number of nitrogens with one attached hydrogen (secondary N) is 4. The average molecular weight is 620 g/mol. The number of hydrogen-bond acceptors (Lipinski definition) is 14. The maximum absolute atomic E-state index is 12.9. The summed E-state index contributed by atoms with van der Waals surface area (Å²) in [5.41, 5.74) is 19.9. The number of morpholine rings is 1. The van der Waals surface area contributed by atoms with Crippen LogP contribution in [-0.2, 0) is 9.53 Å². The molecule has 0 bridgehead atoms. The highest BCUT2D eigenvalue weighted by atomic mass is 32.1. The fourth-order valence-corrected chi connectivity index (χ4v) is 7.93. The monoisotopic (exact) mass is 619 g/mol.